The first-order valence-electron chi connectivity index (χ1n) is 7.22. The van der Waals surface area contributed by atoms with Gasteiger partial charge >= 0.3 is 0 Å². The Balaban J connectivity index is 1.46. The molecule has 0 radical (unpaired) electrons. The van der Waals surface area contributed by atoms with Crippen molar-refractivity contribution in [2.75, 3.05) is 6.54 Å². The number of hydrogen-bond donors (Lipinski definition) is 1. The number of rotatable bonds is 7. The molecule has 0 spiro atoms. The van der Waals surface area contributed by atoms with Crippen molar-refractivity contribution in [1.82, 2.24) is 5.32 Å². The predicted octanol–water partition coefficient (Wildman–Crippen LogP) is 5.13. The minimum Gasteiger partial charge on any atom is -0.314 e. The predicted molar refractivity (Wildman–Crippen MR) is 88.1 cm³/mol. The molecule has 1 saturated carbocycles. The second-order valence-electron chi connectivity index (χ2n) is 5.42. The van der Waals surface area contributed by atoms with Crippen LogP contribution in [0.3, 0.4) is 0 Å². The smallest absolute Gasteiger partial charge is 0.0487 e. The highest BCUT2D eigenvalue weighted by atomic mass is 79.9. The highest BCUT2D eigenvalue weighted by molar-refractivity contribution is 9.10. The summed E-state index contributed by atoms with van der Waals surface area (Å²) < 4.78 is 2.63. The Hall–Kier alpha value is -0.380. The first-order valence-corrected chi connectivity index (χ1v) is 8.90. The molecule has 1 aromatic heterocycles. The van der Waals surface area contributed by atoms with Crippen LogP contribution in [0.4, 0.5) is 0 Å². The fourth-order valence-corrected chi connectivity index (χ4v) is 4.14. The van der Waals surface area contributed by atoms with Gasteiger partial charge in [0.1, 0.15) is 0 Å². The Morgan fingerprint density at radius 2 is 2.11 bits per heavy atom. The van der Waals surface area contributed by atoms with Crippen molar-refractivity contribution in [1.29, 1.82) is 0 Å². The van der Waals surface area contributed by atoms with Gasteiger partial charge in [0.25, 0.3) is 0 Å². The van der Waals surface area contributed by atoms with Gasteiger partial charge in [0, 0.05) is 15.2 Å². The summed E-state index contributed by atoms with van der Waals surface area (Å²) >= 11 is 5.50. The van der Waals surface area contributed by atoms with Gasteiger partial charge in [0.15, 0.2) is 0 Å². The van der Waals surface area contributed by atoms with E-state index in [0.29, 0.717) is 0 Å². The zero-order chi connectivity index (χ0) is 13.1. The number of thiophene rings is 1. The summed E-state index contributed by atoms with van der Waals surface area (Å²) in [6.07, 6.45) is 7.99. The normalized spacial score (nSPS) is 15.2. The van der Waals surface area contributed by atoms with Gasteiger partial charge in [0.2, 0.25) is 0 Å². The lowest BCUT2D eigenvalue weighted by Gasteiger charge is -2.03. The highest BCUT2D eigenvalue weighted by Gasteiger charge is 2.19. The second kappa shape index (κ2) is 6.38. The van der Waals surface area contributed by atoms with Crippen LogP contribution in [0, 0.1) is 0 Å². The monoisotopic (exact) mass is 337 g/mol. The summed E-state index contributed by atoms with van der Waals surface area (Å²) in [5, 5.41) is 7.35. The average molecular weight is 338 g/mol. The zero-order valence-electron chi connectivity index (χ0n) is 11.1. The third-order valence-corrected chi connectivity index (χ3v) is 5.77. The molecule has 0 aliphatic heterocycles. The van der Waals surface area contributed by atoms with Crippen molar-refractivity contribution in [3.63, 3.8) is 0 Å². The number of unbranched alkanes of at least 4 members (excludes halogenated alkanes) is 2. The van der Waals surface area contributed by atoms with Gasteiger partial charge in [-0.15, -0.1) is 11.3 Å². The van der Waals surface area contributed by atoms with Gasteiger partial charge in [-0.2, -0.15) is 0 Å². The first-order chi connectivity index (χ1) is 9.34. The zero-order valence-corrected chi connectivity index (χ0v) is 13.5. The van der Waals surface area contributed by atoms with Crippen LogP contribution in [-0.4, -0.2) is 12.6 Å². The fourth-order valence-electron chi connectivity index (χ4n) is 2.48. The minimum atomic E-state index is 0.859. The first kappa shape index (κ1) is 13.6. The maximum atomic E-state index is 3.63. The van der Waals surface area contributed by atoms with Crippen LogP contribution in [0.25, 0.3) is 10.1 Å². The molecule has 0 unspecified atom stereocenters. The SMILES string of the molecule is Brc1cccc2c(CCCCCNC3CC3)csc12. The maximum Gasteiger partial charge on any atom is 0.0487 e. The third kappa shape index (κ3) is 3.59. The van der Waals surface area contributed by atoms with Crippen LogP contribution >= 0.6 is 27.3 Å². The topological polar surface area (TPSA) is 12.0 Å². The number of hydrogen-bond acceptors (Lipinski definition) is 2. The van der Waals surface area contributed by atoms with Gasteiger partial charge in [-0.3, -0.25) is 0 Å². The molecule has 102 valence electrons. The van der Waals surface area contributed by atoms with E-state index in [0.717, 1.165) is 6.04 Å². The summed E-state index contributed by atoms with van der Waals surface area (Å²) in [6.45, 7) is 1.21. The van der Waals surface area contributed by atoms with Crippen LogP contribution < -0.4 is 5.32 Å². The summed E-state index contributed by atoms with van der Waals surface area (Å²) in [4.78, 5) is 0. The summed E-state index contributed by atoms with van der Waals surface area (Å²) in [7, 11) is 0. The summed E-state index contributed by atoms with van der Waals surface area (Å²) in [5.41, 5.74) is 1.52. The molecule has 0 atom stereocenters. The molecule has 2 aromatic rings. The summed E-state index contributed by atoms with van der Waals surface area (Å²) in [6, 6.07) is 7.38. The molecule has 1 fully saturated rings. The molecule has 1 aliphatic carbocycles. The van der Waals surface area contributed by atoms with Gasteiger partial charge in [-0.1, -0.05) is 18.6 Å². The van der Waals surface area contributed by atoms with Crippen LogP contribution in [0.2, 0.25) is 0 Å². The molecule has 1 N–H and O–H groups in total. The van der Waals surface area contributed by atoms with E-state index in [9.17, 15) is 0 Å². The Morgan fingerprint density at radius 3 is 2.95 bits per heavy atom. The number of fused-ring (bicyclic) bond motifs is 1. The number of benzene rings is 1. The van der Waals surface area contributed by atoms with E-state index in [4.69, 9.17) is 0 Å². The number of halogens is 1. The molecule has 0 saturated heterocycles. The van der Waals surface area contributed by atoms with E-state index < -0.39 is 0 Å². The Bertz CT molecular complexity index is 545. The van der Waals surface area contributed by atoms with Crippen LogP contribution in [-0.2, 0) is 6.42 Å². The lowest BCUT2D eigenvalue weighted by atomic mass is 10.1. The van der Waals surface area contributed by atoms with Crippen LogP contribution in [0.1, 0.15) is 37.7 Å². The second-order valence-corrected chi connectivity index (χ2v) is 7.15. The lowest BCUT2D eigenvalue weighted by molar-refractivity contribution is 0.601. The third-order valence-electron chi connectivity index (χ3n) is 3.77. The molecular weight excluding hydrogens is 318 g/mol. The molecule has 1 aliphatic rings. The van der Waals surface area contributed by atoms with E-state index in [1.54, 1.807) is 0 Å². The minimum absolute atomic E-state index is 0.859. The van der Waals surface area contributed by atoms with Gasteiger partial charge in [-0.05, 0) is 77.0 Å². The highest BCUT2D eigenvalue weighted by Crippen LogP contribution is 2.32. The van der Waals surface area contributed by atoms with Gasteiger partial charge < -0.3 is 5.32 Å². The number of aryl methyl sites for hydroxylation is 1. The molecule has 1 heterocycles. The summed E-state index contributed by atoms with van der Waals surface area (Å²) in [5.74, 6) is 0. The largest absolute Gasteiger partial charge is 0.314 e. The molecule has 0 bridgehead atoms. The molecular formula is C16H20BrNS. The van der Waals surface area contributed by atoms with E-state index in [1.807, 2.05) is 11.3 Å². The molecule has 19 heavy (non-hydrogen) atoms. The molecule has 3 rings (SSSR count). The Labute approximate surface area is 127 Å². The van der Waals surface area contributed by atoms with Crippen LogP contribution in [0.15, 0.2) is 28.1 Å². The molecule has 1 aromatic carbocycles. The van der Waals surface area contributed by atoms with E-state index in [1.165, 1.54) is 65.2 Å². The molecule has 0 amide bonds. The van der Waals surface area contributed by atoms with E-state index in [2.05, 4.69) is 44.8 Å². The van der Waals surface area contributed by atoms with E-state index in [-0.39, 0.29) is 0 Å². The van der Waals surface area contributed by atoms with Crippen molar-refractivity contribution < 1.29 is 0 Å². The molecule has 3 heteroatoms. The van der Waals surface area contributed by atoms with E-state index >= 15 is 0 Å². The standard InChI is InChI=1S/C16H20BrNS/c17-15-7-4-6-14-12(11-19-16(14)15)5-2-1-3-10-18-13-8-9-13/h4,6-7,11,13,18H,1-3,5,8-10H2. The Morgan fingerprint density at radius 1 is 1.21 bits per heavy atom. The van der Waals surface area contributed by atoms with Gasteiger partial charge in [-0.25, -0.2) is 0 Å². The Kier molecular flexibility index (Phi) is 4.57. The van der Waals surface area contributed by atoms with Crippen molar-refractivity contribution in [2.45, 2.75) is 44.6 Å². The van der Waals surface area contributed by atoms with Crippen molar-refractivity contribution in [3.05, 3.63) is 33.6 Å². The van der Waals surface area contributed by atoms with Crippen molar-refractivity contribution in [3.8, 4) is 0 Å². The van der Waals surface area contributed by atoms with Crippen molar-refractivity contribution >= 4 is 37.4 Å². The van der Waals surface area contributed by atoms with Crippen LogP contribution in [0.5, 0.6) is 0 Å². The van der Waals surface area contributed by atoms with Crippen molar-refractivity contribution in [2.24, 2.45) is 0 Å². The fraction of sp³-hybridized carbons (Fsp3) is 0.500. The number of nitrogens with one attached hydrogen (secondary N) is 1. The quantitative estimate of drug-likeness (QED) is 0.690. The maximum absolute atomic E-state index is 3.63. The lowest BCUT2D eigenvalue weighted by Crippen LogP contribution is -2.17. The average Bonchev–Trinajstić information content (AvgIpc) is 3.14. The van der Waals surface area contributed by atoms with Gasteiger partial charge in [0.05, 0.1) is 0 Å². The molecule has 1 nitrogen and oxygen atoms in total.